The summed E-state index contributed by atoms with van der Waals surface area (Å²) in [6, 6.07) is 45.9. The van der Waals surface area contributed by atoms with Gasteiger partial charge in [-0.05, 0) is 6.07 Å². The number of halogens is 2. The largest absolute Gasteiger partial charge is 0.481 e. The van der Waals surface area contributed by atoms with Crippen LogP contribution in [0.1, 0.15) is 27.6 Å². The van der Waals surface area contributed by atoms with Crippen molar-refractivity contribution in [3.05, 3.63) is 196 Å². The summed E-state index contributed by atoms with van der Waals surface area (Å²) in [5.74, 6) is -0.904. The first-order valence-corrected chi connectivity index (χ1v) is 17.7. The third-order valence-electron chi connectivity index (χ3n) is 7.17. The molecule has 0 saturated heterocycles. The van der Waals surface area contributed by atoms with Crippen molar-refractivity contribution in [1.29, 1.82) is 0 Å². The standard InChI is InChI=1S/C21H15BrN2.C14H10O2.C7H4BrO.C2H4O2.H3N/c22-18-14-8-7-13-17(18)21-23-19(15-9-3-1-4-10-15)20(24-21)16-11-5-2-6-12-16;15-13(11-7-3-1-4-8-11)14(16)12-9-5-2-6-10-12;8-7-4-2-1-3-6(7)5-9;1-2(3)4;/h1-14H,(H,23,24);1-10H;1-2,4-5H;1H3,(H,3,4);1H3/q;;+1;;. The summed E-state index contributed by atoms with van der Waals surface area (Å²) in [5, 5.41) is 7.42. The first-order chi connectivity index (χ1) is 25.7. The Morgan fingerprint density at radius 3 is 1.57 bits per heavy atom. The molecule has 0 amide bonds. The van der Waals surface area contributed by atoms with Gasteiger partial charge in [-0.15, -0.1) is 0 Å². The molecular formula is C44H36Br2N3O5+. The van der Waals surface area contributed by atoms with Crippen LogP contribution in [-0.4, -0.2) is 38.9 Å². The number of nitrogens with one attached hydrogen (secondary N) is 1. The molecule has 7 rings (SSSR count). The van der Waals surface area contributed by atoms with Gasteiger partial charge in [-0.1, -0.05) is 155 Å². The van der Waals surface area contributed by atoms with Crippen LogP contribution in [0, 0.1) is 6.08 Å². The Morgan fingerprint density at radius 2 is 1.13 bits per heavy atom. The second kappa shape index (κ2) is 22.0. The smallest absolute Gasteiger partial charge is 0.300 e. The minimum absolute atomic E-state index is 0. The summed E-state index contributed by atoms with van der Waals surface area (Å²) < 4.78 is 1.82. The molecule has 1 heterocycles. The Bertz CT molecular complexity index is 2120. The van der Waals surface area contributed by atoms with Crippen LogP contribution in [-0.2, 0) is 9.59 Å². The van der Waals surface area contributed by atoms with E-state index in [-0.39, 0.29) is 6.15 Å². The molecule has 0 radical (unpaired) electrons. The normalized spacial score (nSPS) is 10.7. The van der Waals surface area contributed by atoms with E-state index < -0.39 is 17.5 Å². The molecule has 0 bridgehead atoms. The summed E-state index contributed by atoms with van der Waals surface area (Å²) in [6.07, 6.45) is 8.86. The van der Waals surface area contributed by atoms with Crippen LogP contribution in [0.15, 0.2) is 178 Å². The number of aldehydes is 1. The molecule has 0 fully saturated rings. The Labute approximate surface area is 330 Å². The highest BCUT2D eigenvalue weighted by Gasteiger charge is 2.18. The zero-order valence-corrected chi connectivity index (χ0v) is 32.3. The summed E-state index contributed by atoms with van der Waals surface area (Å²) in [7, 11) is 0. The topological polar surface area (TPSA) is 152 Å². The van der Waals surface area contributed by atoms with Crippen molar-refractivity contribution in [1.82, 2.24) is 16.1 Å². The van der Waals surface area contributed by atoms with Gasteiger partial charge in [-0.25, -0.2) is 9.78 Å². The van der Waals surface area contributed by atoms with Gasteiger partial charge in [-0.3, -0.25) is 14.4 Å². The third-order valence-corrected chi connectivity index (χ3v) is 8.56. The number of aromatic amines is 1. The molecule has 0 spiro atoms. The van der Waals surface area contributed by atoms with Crippen LogP contribution in [0.25, 0.3) is 33.9 Å². The highest BCUT2D eigenvalue weighted by molar-refractivity contribution is 9.12. The van der Waals surface area contributed by atoms with Gasteiger partial charge in [0.2, 0.25) is 23.4 Å². The Morgan fingerprint density at radius 1 is 0.685 bits per heavy atom. The van der Waals surface area contributed by atoms with E-state index in [2.05, 4.69) is 73.3 Å². The van der Waals surface area contributed by atoms with Crippen LogP contribution in [0.4, 0.5) is 0 Å². The maximum Gasteiger partial charge on any atom is 0.300 e. The maximum atomic E-state index is 11.8. The van der Waals surface area contributed by atoms with Gasteiger partial charge in [0.05, 0.1) is 17.5 Å². The molecule has 6 aromatic rings. The van der Waals surface area contributed by atoms with Crippen molar-refractivity contribution in [2.45, 2.75) is 6.92 Å². The Hall–Kier alpha value is -6.16. The lowest BCUT2D eigenvalue weighted by molar-refractivity contribution is -0.134. The third kappa shape index (κ3) is 12.5. The molecule has 1 aliphatic carbocycles. The number of carbonyl (C=O) groups is 4. The number of imidazole rings is 1. The number of carboxylic acids is 1. The van der Waals surface area contributed by atoms with Crippen molar-refractivity contribution >= 4 is 55.7 Å². The molecule has 54 heavy (non-hydrogen) atoms. The van der Waals surface area contributed by atoms with Crippen molar-refractivity contribution in [3.63, 3.8) is 0 Å². The van der Waals surface area contributed by atoms with E-state index in [0.717, 1.165) is 56.1 Å². The van der Waals surface area contributed by atoms with Gasteiger partial charge in [0.25, 0.3) is 5.97 Å². The molecule has 1 aromatic heterocycles. The SMILES string of the molecule is Brc1ccccc1-c1nc(-c2ccccc2)c(-c2ccccc2)[nH]1.CC(=O)O.N.O=C(C(=O)c1ccccc1)c1ccccc1.O=CC1=[C+]C=CC=C1Br. The van der Waals surface area contributed by atoms with E-state index in [1.54, 1.807) is 60.7 Å². The van der Waals surface area contributed by atoms with Crippen molar-refractivity contribution in [3.8, 4) is 33.9 Å². The van der Waals surface area contributed by atoms with Gasteiger partial charge in [-0.2, -0.15) is 0 Å². The lowest BCUT2D eigenvalue weighted by atomic mass is 10.0. The van der Waals surface area contributed by atoms with E-state index in [0.29, 0.717) is 16.7 Å². The Kier molecular flexibility index (Phi) is 17.2. The molecule has 0 atom stereocenters. The predicted octanol–water partition coefficient (Wildman–Crippen LogP) is 10.9. The fourth-order valence-corrected chi connectivity index (χ4v) is 5.57. The molecule has 270 valence electrons. The van der Waals surface area contributed by atoms with Gasteiger partial charge < -0.3 is 16.2 Å². The van der Waals surface area contributed by atoms with Crippen LogP contribution >= 0.6 is 31.9 Å². The quantitative estimate of drug-likeness (QED) is 0.0626. The highest BCUT2D eigenvalue weighted by Crippen LogP contribution is 2.35. The number of rotatable bonds is 7. The molecule has 10 heteroatoms. The van der Waals surface area contributed by atoms with Gasteiger partial charge in [0.1, 0.15) is 10.3 Å². The number of benzene rings is 5. The molecular weight excluding hydrogens is 810 g/mol. The molecule has 8 nitrogen and oxygen atoms in total. The summed E-state index contributed by atoms with van der Waals surface area (Å²) >= 11 is 6.81. The number of carboxylic acid groups (broad SMARTS) is 1. The zero-order chi connectivity index (χ0) is 38.0. The highest BCUT2D eigenvalue weighted by atomic mass is 79.9. The van der Waals surface area contributed by atoms with E-state index >= 15 is 0 Å². The first kappa shape index (κ1) is 42.3. The maximum absolute atomic E-state index is 11.8. The van der Waals surface area contributed by atoms with E-state index in [4.69, 9.17) is 14.9 Å². The first-order valence-electron chi connectivity index (χ1n) is 16.1. The Balaban J connectivity index is 0.000000225. The molecule has 5 aromatic carbocycles. The fourth-order valence-electron chi connectivity index (χ4n) is 4.73. The summed E-state index contributed by atoms with van der Waals surface area (Å²) in [5.41, 5.74) is 6.70. The minimum atomic E-state index is -0.833. The number of nitrogens with zero attached hydrogens (tertiary/aromatic N) is 1. The zero-order valence-electron chi connectivity index (χ0n) is 29.2. The number of hydrogen-bond acceptors (Lipinski definition) is 6. The van der Waals surface area contributed by atoms with Crippen molar-refractivity contribution in [2.75, 3.05) is 0 Å². The van der Waals surface area contributed by atoms with E-state index in [1.807, 2.05) is 72.8 Å². The van der Waals surface area contributed by atoms with Gasteiger partial charge in [0, 0.05) is 73.4 Å². The van der Waals surface area contributed by atoms with Crippen LogP contribution in [0.2, 0.25) is 0 Å². The molecule has 0 aliphatic heterocycles. The van der Waals surface area contributed by atoms with Gasteiger partial charge >= 0.3 is 0 Å². The number of hydrogen-bond donors (Lipinski definition) is 3. The molecule has 0 saturated carbocycles. The second-order valence-corrected chi connectivity index (χ2v) is 12.7. The van der Waals surface area contributed by atoms with Crippen molar-refractivity contribution in [2.24, 2.45) is 0 Å². The lowest BCUT2D eigenvalue weighted by Gasteiger charge is -2.02. The number of Topliss-reactive ketones (excluding diaryl/α,β-unsaturated/α-hetero) is 2. The van der Waals surface area contributed by atoms with E-state index in [9.17, 15) is 14.4 Å². The van der Waals surface area contributed by atoms with Crippen LogP contribution < -0.4 is 6.15 Å². The van der Waals surface area contributed by atoms with Gasteiger partial charge in [0.15, 0.2) is 0 Å². The number of aliphatic carboxylic acids is 1. The number of allylic oxidation sites excluding steroid dienone is 6. The fraction of sp³-hybridized carbons (Fsp3) is 0.0227. The number of H-pyrrole nitrogens is 1. The lowest BCUT2D eigenvalue weighted by Crippen LogP contribution is -2.14. The number of carbonyl (C=O) groups excluding carboxylic acids is 3. The minimum Gasteiger partial charge on any atom is -0.481 e. The van der Waals surface area contributed by atoms with Crippen LogP contribution in [0.3, 0.4) is 0 Å². The second-order valence-electron chi connectivity index (χ2n) is 11.0. The average molecular weight is 847 g/mol. The summed E-state index contributed by atoms with van der Waals surface area (Å²) in [4.78, 5) is 51.2. The summed E-state index contributed by atoms with van der Waals surface area (Å²) in [6.45, 7) is 1.08. The van der Waals surface area contributed by atoms with Crippen molar-refractivity contribution < 1.29 is 24.3 Å². The molecule has 1 aliphatic rings. The van der Waals surface area contributed by atoms with E-state index in [1.165, 1.54) is 0 Å². The number of aromatic nitrogens is 2. The molecule has 0 unspecified atom stereocenters. The average Bonchev–Trinajstić information content (AvgIpc) is 3.65. The predicted molar refractivity (Wildman–Crippen MR) is 221 cm³/mol. The molecule has 5 N–H and O–H groups in total. The number of ketones is 2. The monoisotopic (exact) mass is 844 g/mol. The van der Waals surface area contributed by atoms with Crippen LogP contribution in [0.5, 0.6) is 0 Å².